The molecule has 0 aliphatic heterocycles. The van der Waals surface area contributed by atoms with Crippen molar-refractivity contribution >= 4 is 0 Å². The lowest BCUT2D eigenvalue weighted by Crippen LogP contribution is -2.08. The molecule has 0 spiro atoms. The predicted octanol–water partition coefficient (Wildman–Crippen LogP) is 2.78. The molecule has 0 rings (SSSR count). The maximum atomic E-state index is 5.59. The van der Waals surface area contributed by atoms with Gasteiger partial charge in [-0.05, 0) is 12.5 Å². The first-order valence-corrected chi connectivity index (χ1v) is 4.03. The van der Waals surface area contributed by atoms with Crippen molar-refractivity contribution in [1.29, 1.82) is 0 Å². The van der Waals surface area contributed by atoms with Crippen molar-refractivity contribution in [2.24, 2.45) is 11.7 Å². The molecule has 0 saturated heterocycles. The Morgan fingerprint density at radius 3 is 2.42 bits per heavy atom. The van der Waals surface area contributed by atoms with Gasteiger partial charge < -0.3 is 5.73 Å². The van der Waals surface area contributed by atoms with Gasteiger partial charge in [-0.3, -0.25) is 0 Å². The molecule has 0 bridgehead atoms. The van der Waals surface area contributed by atoms with Crippen LogP contribution in [0.3, 0.4) is 0 Å². The number of rotatable bonds is 4. The first kappa shape index (κ1) is 10.8. The van der Waals surface area contributed by atoms with E-state index in [0.717, 1.165) is 5.57 Å². The van der Waals surface area contributed by atoms with E-state index in [-0.39, 0.29) is 5.92 Å². The van der Waals surface area contributed by atoms with Crippen molar-refractivity contribution in [2.45, 2.75) is 13.8 Å². The number of hydrogen-bond donors (Lipinski definition) is 1. The zero-order valence-corrected chi connectivity index (χ0v) is 7.88. The molecule has 0 unspecified atom stereocenters. The first-order chi connectivity index (χ1) is 5.63. The van der Waals surface area contributed by atoms with Crippen LogP contribution in [0.5, 0.6) is 0 Å². The van der Waals surface area contributed by atoms with E-state index in [4.69, 9.17) is 5.73 Å². The van der Waals surface area contributed by atoms with Gasteiger partial charge in [0.15, 0.2) is 0 Å². The molecule has 0 heterocycles. The normalized spacial score (nSPS) is 14.7. The highest BCUT2D eigenvalue weighted by molar-refractivity contribution is 5.29. The fourth-order valence-electron chi connectivity index (χ4n) is 0.887. The minimum Gasteiger partial charge on any atom is -0.402 e. The summed E-state index contributed by atoms with van der Waals surface area (Å²) in [6, 6.07) is 0. The van der Waals surface area contributed by atoms with Gasteiger partial charge in [0.25, 0.3) is 0 Å². The molecule has 0 radical (unpaired) electrons. The van der Waals surface area contributed by atoms with Crippen molar-refractivity contribution in [3.63, 3.8) is 0 Å². The molecule has 1 atom stereocenters. The minimum atomic E-state index is 0.194. The van der Waals surface area contributed by atoms with E-state index in [1.165, 1.54) is 0 Å². The van der Waals surface area contributed by atoms with Crippen LogP contribution in [0, 0.1) is 5.92 Å². The molecule has 0 fully saturated rings. The van der Waals surface area contributed by atoms with Crippen molar-refractivity contribution in [2.75, 3.05) is 0 Å². The molecule has 0 aromatic rings. The van der Waals surface area contributed by atoms with Gasteiger partial charge in [0.1, 0.15) is 0 Å². The lowest BCUT2D eigenvalue weighted by molar-refractivity contribution is 0.813. The van der Waals surface area contributed by atoms with Crippen LogP contribution in [0.4, 0.5) is 0 Å². The van der Waals surface area contributed by atoms with Gasteiger partial charge in [0.2, 0.25) is 0 Å². The third-order valence-electron chi connectivity index (χ3n) is 1.73. The molecule has 0 aromatic carbocycles. The Morgan fingerprint density at radius 2 is 2.08 bits per heavy atom. The third-order valence-corrected chi connectivity index (χ3v) is 1.73. The summed E-state index contributed by atoms with van der Waals surface area (Å²) >= 11 is 0. The van der Waals surface area contributed by atoms with Gasteiger partial charge >= 0.3 is 0 Å². The van der Waals surface area contributed by atoms with Gasteiger partial charge in [0, 0.05) is 11.6 Å². The van der Waals surface area contributed by atoms with E-state index >= 15 is 0 Å². The Bertz CT molecular complexity index is 221. The maximum Gasteiger partial charge on any atom is 0.0201 e. The van der Waals surface area contributed by atoms with E-state index in [1.54, 1.807) is 6.08 Å². The van der Waals surface area contributed by atoms with Crippen LogP contribution in [-0.2, 0) is 0 Å². The van der Waals surface area contributed by atoms with E-state index in [2.05, 4.69) is 13.2 Å². The van der Waals surface area contributed by atoms with Gasteiger partial charge in [0.05, 0.1) is 0 Å². The highest BCUT2D eigenvalue weighted by atomic mass is 14.6. The number of hydrogen-bond acceptors (Lipinski definition) is 1. The topological polar surface area (TPSA) is 26.0 Å². The van der Waals surface area contributed by atoms with Crippen molar-refractivity contribution in [1.82, 2.24) is 0 Å². The maximum absolute atomic E-state index is 5.59. The Hall–Kier alpha value is -1.24. The average molecular weight is 163 g/mol. The van der Waals surface area contributed by atoms with Crippen molar-refractivity contribution in [3.05, 3.63) is 48.7 Å². The van der Waals surface area contributed by atoms with Crippen LogP contribution in [0.1, 0.15) is 13.8 Å². The largest absolute Gasteiger partial charge is 0.402 e. The number of nitrogens with two attached hydrogens (primary N) is 1. The molecule has 0 aliphatic carbocycles. The molecular formula is C11H17N. The van der Waals surface area contributed by atoms with Crippen LogP contribution in [0.25, 0.3) is 0 Å². The summed E-state index contributed by atoms with van der Waals surface area (Å²) < 4.78 is 0. The molecule has 1 heteroatoms. The lowest BCUT2D eigenvalue weighted by atomic mass is 9.98. The molecule has 0 saturated carbocycles. The van der Waals surface area contributed by atoms with Crippen molar-refractivity contribution in [3.8, 4) is 0 Å². The fraction of sp³-hybridized carbons (Fsp3) is 0.273. The molecule has 2 N–H and O–H groups in total. The first-order valence-electron chi connectivity index (χ1n) is 4.03. The standard InChI is InChI=1S/C11H17N/c1-5-7-11(8-6-2)9(3)10(4)12/h5-9H,1,4,12H2,2-3H3/b8-6-,11-7+/t9-/m1/s1. The van der Waals surface area contributed by atoms with Gasteiger partial charge in [-0.25, -0.2) is 0 Å². The van der Waals surface area contributed by atoms with Crippen LogP contribution < -0.4 is 5.73 Å². The smallest absolute Gasteiger partial charge is 0.0201 e. The zero-order chi connectivity index (χ0) is 9.56. The molecule has 1 nitrogen and oxygen atoms in total. The molecular weight excluding hydrogens is 146 g/mol. The minimum absolute atomic E-state index is 0.194. The van der Waals surface area contributed by atoms with Crippen LogP contribution in [0.15, 0.2) is 48.7 Å². The monoisotopic (exact) mass is 163 g/mol. The molecule has 0 aromatic heterocycles. The van der Waals surface area contributed by atoms with E-state index < -0.39 is 0 Å². The Morgan fingerprint density at radius 1 is 1.50 bits per heavy atom. The summed E-state index contributed by atoms with van der Waals surface area (Å²) in [5, 5.41) is 0. The Balaban J connectivity index is 4.62. The Labute approximate surface area is 75.0 Å². The van der Waals surface area contributed by atoms with E-state index in [0.29, 0.717) is 5.70 Å². The quantitative estimate of drug-likeness (QED) is 0.634. The van der Waals surface area contributed by atoms with Crippen LogP contribution >= 0.6 is 0 Å². The van der Waals surface area contributed by atoms with E-state index in [9.17, 15) is 0 Å². The summed E-state index contributed by atoms with van der Waals surface area (Å²) in [5.41, 5.74) is 7.41. The van der Waals surface area contributed by atoms with Crippen LogP contribution in [-0.4, -0.2) is 0 Å². The summed E-state index contributed by atoms with van der Waals surface area (Å²) in [6.45, 7) is 11.4. The van der Waals surface area contributed by atoms with Crippen LogP contribution in [0.2, 0.25) is 0 Å². The summed E-state index contributed by atoms with van der Waals surface area (Å²) in [5.74, 6) is 0.194. The third kappa shape index (κ3) is 3.24. The summed E-state index contributed by atoms with van der Waals surface area (Å²) in [4.78, 5) is 0. The van der Waals surface area contributed by atoms with E-state index in [1.807, 2.05) is 32.1 Å². The average Bonchev–Trinajstić information content (AvgIpc) is 2.03. The predicted molar refractivity (Wildman–Crippen MR) is 55.6 cm³/mol. The fourth-order valence-corrected chi connectivity index (χ4v) is 0.887. The summed E-state index contributed by atoms with van der Waals surface area (Å²) in [7, 11) is 0. The van der Waals surface area contributed by atoms with Crippen molar-refractivity contribution < 1.29 is 0 Å². The van der Waals surface area contributed by atoms with Gasteiger partial charge in [-0.1, -0.05) is 44.4 Å². The zero-order valence-electron chi connectivity index (χ0n) is 7.88. The Kier molecular flexibility index (Phi) is 4.86. The number of allylic oxidation sites excluding steroid dienone is 5. The second-order valence-corrected chi connectivity index (χ2v) is 2.70. The highest BCUT2D eigenvalue weighted by Crippen LogP contribution is 2.16. The van der Waals surface area contributed by atoms with Gasteiger partial charge in [-0.15, -0.1) is 0 Å². The highest BCUT2D eigenvalue weighted by Gasteiger charge is 2.05. The summed E-state index contributed by atoms with van der Waals surface area (Å²) in [6.07, 6.45) is 7.71. The second-order valence-electron chi connectivity index (χ2n) is 2.70. The molecule has 12 heavy (non-hydrogen) atoms. The molecule has 0 amide bonds. The van der Waals surface area contributed by atoms with Gasteiger partial charge in [-0.2, -0.15) is 0 Å². The SMILES string of the molecule is C=C/C=C(\C=C/C)[C@H](C)C(=C)N. The molecule has 66 valence electrons. The molecule has 0 aliphatic rings. The lowest BCUT2D eigenvalue weighted by Gasteiger charge is -2.11. The second kappa shape index (κ2) is 5.42.